The third-order valence-corrected chi connectivity index (χ3v) is 5.44. The van der Waals surface area contributed by atoms with Gasteiger partial charge in [0.1, 0.15) is 11.4 Å². The number of amides is 1. The molecule has 8 heteroatoms. The number of aryl methyl sites for hydroxylation is 3. The van der Waals surface area contributed by atoms with Gasteiger partial charge in [-0.1, -0.05) is 35.9 Å². The molecule has 4 rings (SSSR count). The smallest absolute Gasteiger partial charge is 0.363 e. The number of hydrogen-bond donors (Lipinski definition) is 2. The summed E-state index contributed by atoms with van der Waals surface area (Å²) in [5, 5.41) is 9.81. The highest BCUT2D eigenvalue weighted by molar-refractivity contribution is 6.07. The molecule has 0 bridgehead atoms. The highest BCUT2D eigenvalue weighted by Crippen LogP contribution is 2.44. The topological polar surface area (TPSA) is 59.0 Å². The molecule has 2 N–H and O–H groups in total. The van der Waals surface area contributed by atoms with E-state index in [0.29, 0.717) is 5.69 Å². The lowest BCUT2D eigenvalue weighted by molar-refractivity contribution is -0.173. The molecular formula is C23H23F3N4O. The van der Waals surface area contributed by atoms with Crippen LogP contribution in [0.1, 0.15) is 51.1 Å². The lowest BCUT2D eigenvalue weighted by Gasteiger charge is -2.34. The fraction of sp³-hybridized carbons (Fsp3) is 0.304. The summed E-state index contributed by atoms with van der Waals surface area (Å²) in [6.07, 6.45) is -3.51. The monoisotopic (exact) mass is 428 g/mol. The van der Waals surface area contributed by atoms with Crippen LogP contribution in [0.2, 0.25) is 0 Å². The van der Waals surface area contributed by atoms with Crippen molar-refractivity contribution in [3.8, 4) is 0 Å². The number of fused-ring (bicyclic) bond motifs is 1. The molecule has 1 aliphatic rings. The van der Waals surface area contributed by atoms with E-state index in [1.807, 2.05) is 63.2 Å². The summed E-state index contributed by atoms with van der Waals surface area (Å²) < 4.78 is 42.4. The number of rotatable bonds is 3. The Morgan fingerprint density at radius 2 is 1.71 bits per heavy atom. The summed E-state index contributed by atoms with van der Waals surface area (Å²) in [5.74, 6) is -0.440. The molecule has 1 aliphatic heterocycles. The van der Waals surface area contributed by atoms with Crippen molar-refractivity contribution >= 4 is 17.4 Å². The molecule has 0 radical (unpaired) electrons. The molecule has 2 aromatic carbocycles. The van der Waals surface area contributed by atoms with E-state index < -0.39 is 24.2 Å². The molecule has 1 aromatic heterocycles. The van der Waals surface area contributed by atoms with Crippen LogP contribution in [0.25, 0.3) is 0 Å². The zero-order valence-electron chi connectivity index (χ0n) is 17.4. The second-order valence-corrected chi connectivity index (χ2v) is 8.08. The number of carbonyl (C=O) groups excluding carboxylic acids is 1. The van der Waals surface area contributed by atoms with Crippen molar-refractivity contribution in [2.24, 2.45) is 0 Å². The predicted molar refractivity (Wildman–Crippen MR) is 113 cm³/mol. The number of alkyl halides is 3. The summed E-state index contributed by atoms with van der Waals surface area (Å²) in [6.45, 7) is 5.74. The van der Waals surface area contributed by atoms with E-state index in [0.717, 1.165) is 26.9 Å². The van der Waals surface area contributed by atoms with Crippen LogP contribution in [-0.4, -0.2) is 21.9 Å². The minimum atomic E-state index is -4.49. The van der Waals surface area contributed by atoms with E-state index in [1.165, 1.54) is 6.20 Å². The Morgan fingerprint density at radius 3 is 2.32 bits per heavy atom. The second kappa shape index (κ2) is 7.76. The molecule has 0 unspecified atom stereocenters. The van der Waals surface area contributed by atoms with Gasteiger partial charge in [0.25, 0.3) is 5.91 Å². The molecular weight excluding hydrogens is 405 g/mol. The lowest BCUT2D eigenvalue weighted by atomic mass is 9.96. The molecule has 2 heterocycles. The van der Waals surface area contributed by atoms with Crippen LogP contribution in [0, 0.1) is 20.8 Å². The maximum atomic E-state index is 13.8. The van der Waals surface area contributed by atoms with Gasteiger partial charge in [-0.3, -0.25) is 4.79 Å². The van der Waals surface area contributed by atoms with E-state index >= 15 is 0 Å². The van der Waals surface area contributed by atoms with E-state index in [4.69, 9.17) is 0 Å². The molecule has 0 fully saturated rings. The average molecular weight is 428 g/mol. The van der Waals surface area contributed by atoms with E-state index in [1.54, 1.807) is 0 Å². The largest absolute Gasteiger partial charge is 0.410 e. The zero-order chi connectivity index (χ0) is 22.3. The molecule has 2 atom stereocenters. The molecule has 0 aliphatic carbocycles. The standard InChI is InChI=1S/C23H23F3N4O/c1-13-4-6-16(7-5-13)19-11-20(23(24,25)26)30-21(29-19)18(12-27-30)22(31)28-17-9-14(2)8-15(3)10-17/h4-10,12,19-20,29H,11H2,1-3H3,(H,28,31)/t19-,20+/m0/s1. The maximum absolute atomic E-state index is 13.8. The quantitative estimate of drug-likeness (QED) is 0.561. The fourth-order valence-electron chi connectivity index (χ4n) is 3.99. The number of nitrogens with one attached hydrogen (secondary N) is 2. The van der Waals surface area contributed by atoms with Crippen LogP contribution in [0.3, 0.4) is 0 Å². The SMILES string of the molecule is Cc1ccc([C@@H]2C[C@H](C(F)(F)F)n3ncc(C(=O)Nc4cc(C)cc(C)c4)c3N2)cc1. The summed E-state index contributed by atoms with van der Waals surface area (Å²) in [6, 6.07) is 10.5. The molecule has 3 aromatic rings. The van der Waals surface area contributed by atoms with Gasteiger partial charge in [-0.15, -0.1) is 0 Å². The summed E-state index contributed by atoms with van der Waals surface area (Å²) in [5.41, 5.74) is 4.36. The fourth-order valence-corrected chi connectivity index (χ4v) is 3.99. The Hall–Kier alpha value is -3.29. The minimum absolute atomic E-state index is 0.0704. The van der Waals surface area contributed by atoms with Gasteiger partial charge in [0.2, 0.25) is 0 Å². The van der Waals surface area contributed by atoms with Crippen molar-refractivity contribution < 1.29 is 18.0 Å². The van der Waals surface area contributed by atoms with Crippen molar-refractivity contribution in [1.82, 2.24) is 9.78 Å². The Kier molecular flexibility index (Phi) is 5.24. The van der Waals surface area contributed by atoms with Gasteiger partial charge in [-0.25, -0.2) is 4.68 Å². The molecule has 31 heavy (non-hydrogen) atoms. The first kappa shape index (κ1) is 21.0. The zero-order valence-corrected chi connectivity index (χ0v) is 17.4. The van der Waals surface area contributed by atoms with Gasteiger partial charge in [-0.05, 0) is 49.6 Å². The number of nitrogens with zero attached hydrogens (tertiary/aromatic N) is 2. The lowest BCUT2D eigenvalue weighted by Crippen LogP contribution is -2.36. The number of carbonyl (C=O) groups is 1. The number of hydrogen-bond acceptors (Lipinski definition) is 3. The number of anilines is 2. The van der Waals surface area contributed by atoms with Gasteiger partial charge in [0, 0.05) is 12.1 Å². The summed E-state index contributed by atoms with van der Waals surface area (Å²) in [4.78, 5) is 12.9. The number of benzene rings is 2. The molecule has 0 spiro atoms. The van der Waals surface area contributed by atoms with Crippen LogP contribution in [0.5, 0.6) is 0 Å². The minimum Gasteiger partial charge on any atom is -0.363 e. The van der Waals surface area contributed by atoms with Gasteiger partial charge in [0.15, 0.2) is 6.04 Å². The van der Waals surface area contributed by atoms with Crippen molar-refractivity contribution in [2.45, 2.75) is 45.5 Å². The normalized spacial score (nSPS) is 18.3. The first-order valence-corrected chi connectivity index (χ1v) is 9.99. The molecule has 5 nitrogen and oxygen atoms in total. The van der Waals surface area contributed by atoms with E-state index in [2.05, 4.69) is 15.7 Å². The van der Waals surface area contributed by atoms with Gasteiger partial charge >= 0.3 is 6.18 Å². The second-order valence-electron chi connectivity index (χ2n) is 8.08. The van der Waals surface area contributed by atoms with Gasteiger partial charge in [0.05, 0.1) is 12.2 Å². The third kappa shape index (κ3) is 4.28. The first-order chi connectivity index (χ1) is 14.6. The van der Waals surface area contributed by atoms with Crippen molar-refractivity contribution in [2.75, 3.05) is 10.6 Å². The van der Waals surface area contributed by atoms with Crippen molar-refractivity contribution in [3.05, 3.63) is 76.5 Å². The van der Waals surface area contributed by atoms with E-state index in [9.17, 15) is 18.0 Å². The highest BCUT2D eigenvalue weighted by Gasteiger charge is 2.47. The van der Waals surface area contributed by atoms with Crippen molar-refractivity contribution in [3.63, 3.8) is 0 Å². The van der Waals surface area contributed by atoms with Crippen molar-refractivity contribution in [1.29, 1.82) is 0 Å². The third-order valence-electron chi connectivity index (χ3n) is 5.44. The van der Waals surface area contributed by atoms with Gasteiger partial charge in [-0.2, -0.15) is 18.3 Å². The van der Waals surface area contributed by atoms with Crippen LogP contribution in [-0.2, 0) is 0 Å². The van der Waals surface area contributed by atoms with Crippen LogP contribution >= 0.6 is 0 Å². The van der Waals surface area contributed by atoms with Crippen LogP contribution in [0.4, 0.5) is 24.7 Å². The number of halogens is 3. The van der Waals surface area contributed by atoms with Crippen LogP contribution in [0.15, 0.2) is 48.7 Å². The van der Waals surface area contributed by atoms with E-state index in [-0.39, 0.29) is 17.8 Å². The molecule has 1 amide bonds. The summed E-state index contributed by atoms with van der Waals surface area (Å²) in [7, 11) is 0. The predicted octanol–water partition coefficient (Wildman–Crippen LogP) is 5.72. The molecule has 0 saturated carbocycles. The van der Waals surface area contributed by atoms with Gasteiger partial charge < -0.3 is 10.6 Å². The average Bonchev–Trinajstić information content (AvgIpc) is 3.10. The Morgan fingerprint density at radius 1 is 1.06 bits per heavy atom. The Balaban J connectivity index is 1.69. The maximum Gasteiger partial charge on any atom is 0.410 e. The molecule has 0 saturated heterocycles. The first-order valence-electron chi connectivity index (χ1n) is 9.99. The Labute approximate surface area is 178 Å². The summed E-state index contributed by atoms with van der Waals surface area (Å²) >= 11 is 0. The Bertz CT molecular complexity index is 1100. The highest BCUT2D eigenvalue weighted by atomic mass is 19.4. The van der Waals surface area contributed by atoms with Crippen LogP contribution < -0.4 is 10.6 Å². The molecule has 162 valence electrons. The number of aromatic nitrogens is 2.